The van der Waals surface area contributed by atoms with Gasteiger partial charge in [0.05, 0.1) is 43.3 Å². The quantitative estimate of drug-likeness (QED) is 0.449. The Morgan fingerprint density at radius 1 is 1.13 bits per heavy atom. The van der Waals surface area contributed by atoms with Crippen LogP contribution in [-0.4, -0.2) is 45.3 Å². The molecule has 2 heterocycles. The predicted octanol–water partition coefficient (Wildman–Crippen LogP) is 2.99. The molecule has 0 amide bonds. The zero-order valence-corrected chi connectivity index (χ0v) is 16.3. The molecule has 2 aromatic heterocycles. The molecule has 0 spiro atoms. The highest BCUT2D eigenvalue weighted by molar-refractivity contribution is 5.73. The number of hydrogen-bond donors (Lipinski definition) is 1. The Balaban J connectivity index is 1.59. The molecule has 150 valence electrons. The van der Waals surface area contributed by atoms with Crippen LogP contribution in [0.3, 0.4) is 0 Å². The van der Waals surface area contributed by atoms with E-state index in [1.165, 1.54) is 0 Å². The standard InChI is InChI=1S/C21H19N7O2/c1-29-8-9-30-14-16-5-3-7-18(11-16)28-20-19(26-27-28)13-23-21(25-20)24-17-6-2-4-15(10-17)12-22/h2-7,10-11,13H,8-9,14H2,1H3,(H,23,24,25). The lowest BCUT2D eigenvalue weighted by molar-refractivity contribution is 0.0616. The number of fused-ring (bicyclic) bond motifs is 1. The zero-order chi connectivity index (χ0) is 20.8. The van der Waals surface area contributed by atoms with Crippen LogP contribution in [-0.2, 0) is 16.1 Å². The minimum absolute atomic E-state index is 0.389. The second-order valence-corrected chi connectivity index (χ2v) is 6.44. The molecular weight excluding hydrogens is 382 g/mol. The highest BCUT2D eigenvalue weighted by Crippen LogP contribution is 2.19. The molecule has 0 aliphatic rings. The minimum atomic E-state index is 0.389. The fourth-order valence-electron chi connectivity index (χ4n) is 2.87. The first-order valence-electron chi connectivity index (χ1n) is 9.28. The van der Waals surface area contributed by atoms with Crippen molar-refractivity contribution in [2.75, 3.05) is 25.6 Å². The SMILES string of the molecule is COCCOCc1cccc(-n2nnc3cnc(Nc4cccc(C#N)c4)nc32)c1. The molecule has 30 heavy (non-hydrogen) atoms. The lowest BCUT2D eigenvalue weighted by Gasteiger charge is -2.08. The van der Waals surface area contributed by atoms with Crippen LogP contribution in [0.15, 0.2) is 54.7 Å². The summed E-state index contributed by atoms with van der Waals surface area (Å²) in [6.45, 7) is 1.56. The van der Waals surface area contributed by atoms with Crippen molar-refractivity contribution in [3.63, 3.8) is 0 Å². The van der Waals surface area contributed by atoms with Crippen molar-refractivity contribution >= 4 is 22.8 Å². The molecular formula is C21H19N7O2. The number of nitrogens with zero attached hydrogens (tertiary/aromatic N) is 6. The Kier molecular flexibility index (Phi) is 5.89. The van der Waals surface area contributed by atoms with Gasteiger partial charge >= 0.3 is 0 Å². The minimum Gasteiger partial charge on any atom is -0.382 e. The number of anilines is 2. The van der Waals surface area contributed by atoms with Crippen LogP contribution in [0.4, 0.5) is 11.6 Å². The van der Waals surface area contributed by atoms with E-state index < -0.39 is 0 Å². The van der Waals surface area contributed by atoms with Crippen LogP contribution in [0.2, 0.25) is 0 Å². The van der Waals surface area contributed by atoms with Gasteiger partial charge in [-0.3, -0.25) is 0 Å². The van der Waals surface area contributed by atoms with Crippen molar-refractivity contribution in [2.24, 2.45) is 0 Å². The Hall–Kier alpha value is -3.87. The number of benzene rings is 2. The van der Waals surface area contributed by atoms with E-state index in [1.54, 1.807) is 36.2 Å². The number of nitrogens with one attached hydrogen (secondary N) is 1. The normalized spacial score (nSPS) is 10.8. The van der Waals surface area contributed by atoms with E-state index in [2.05, 4.69) is 31.7 Å². The Bertz CT molecular complexity index is 1200. The third kappa shape index (κ3) is 4.41. The van der Waals surface area contributed by atoms with Gasteiger partial charge in [-0.25, -0.2) is 4.98 Å². The highest BCUT2D eigenvalue weighted by atomic mass is 16.5. The van der Waals surface area contributed by atoms with E-state index in [-0.39, 0.29) is 0 Å². The van der Waals surface area contributed by atoms with Crippen molar-refractivity contribution in [2.45, 2.75) is 6.61 Å². The van der Waals surface area contributed by atoms with Gasteiger partial charge in [-0.2, -0.15) is 14.9 Å². The first kappa shape index (κ1) is 19.4. The van der Waals surface area contributed by atoms with Gasteiger partial charge in [0.15, 0.2) is 11.2 Å². The lowest BCUT2D eigenvalue weighted by atomic mass is 10.2. The van der Waals surface area contributed by atoms with E-state index >= 15 is 0 Å². The average Bonchev–Trinajstić information content (AvgIpc) is 3.20. The van der Waals surface area contributed by atoms with Crippen LogP contribution in [0, 0.1) is 11.3 Å². The summed E-state index contributed by atoms with van der Waals surface area (Å²) in [7, 11) is 1.64. The number of methoxy groups -OCH3 is 1. The molecule has 9 heteroatoms. The number of aromatic nitrogens is 5. The van der Waals surface area contributed by atoms with Crippen molar-refractivity contribution < 1.29 is 9.47 Å². The molecule has 4 rings (SSSR count). The third-order valence-electron chi connectivity index (χ3n) is 4.30. The van der Waals surface area contributed by atoms with Crippen LogP contribution in [0.5, 0.6) is 0 Å². The summed E-state index contributed by atoms with van der Waals surface area (Å²) in [5.41, 5.74) is 4.25. The van der Waals surface area contributed by atoms with Gasteiger partial charge in [0, 0.05) is 12.8 Å². The van der Waals surface area contributed by atoms with Gasteiger partial charge in [0.25, 0.3) is 0 Å². The second-order valence-electron chi connectivity index (χ2n) is 6.44. The lowest BCUT2D eigenvalue weighted by Crippen LogP contribution is -2.04. The van der Waals surface area contributed by atoms with Crippen molar-refractivity contribution in [3.05, 3.63) is 65.9 Å². The molecule has 0 fully saturated rings. The van der Waals surface area contributed by atoms with E-state index in [0.717, 1.165) is 16.9 Å². The maximum atomic E-state index is 9.06. The highest BCUT2D eigenvalue weighted by Gasteiger charge is 2.11. The molecule has 0 bridgehead atoms. The summed E-state index contributed by atoms with van der Waals surface area (Å²) < 4.78 is 12.2. The number of nitriles is 1. The Labute approximate surface area is 172 Å². The van der Waals surface area contributed by atoms with E-state index in [9.17, 15) is 0 Å². The van der Waals surface area contributed by atoms with E-state index in [0.29, 0.717) is 42.5 Å². The van der Waals surface area contributed by atoms with E-state index in [4.69, 9.17) is 14.7 Å². The first-order valence-corrected chi connectivity index (χ1v) is 9.28. The van der Waals surface area contributed by atoms with Gasteiger partial charge in [0.1, 0.15) is 0 Å². The first-order chi connectivity index (χ1) is 14.8. The van der Waals surface area contributed by atoms with Gasteiger partial charge in [0.2, 0.25) is 5.95 Å². The van der Waals surface area contributed by atoms with E-state index in [1.807, 2.05) is 30.3 Å². The summed E-state index contributed by atoms with van der Waals surface area (Å²) in [5, 5.41) is 20.6. The smallest absolute Gasteiger partial charge is 0.229 e. The van der Waals surface area contributed by atoms with Crippen molar-refractivity contribution in [1.29, 1.82) is 5.26 Å². The summed E-state index contributed by atoms with van der Waals surface area (Å²) in [6.07, 6.45) is 1.61. The Morgan fingerprint density at radius 2 is 2.03 bits per heavy atom. The fraction of sp³-hybridized carbons (Fsp3) is 0.190. The fourth-order valence-corrected chi connectivity index (χ4v) is 2.87. The average molecular weight is 401 g/mol. The van der Waals surface area contributed by atoms with Crippen LogP contribution in [0.25, 0.3) is 16.9 Å². The summed E-state index contributed by atoms with van der Waals surface area (Å²) >= 11 is 0. The second kappa shape index (κ2) is 9.09. The maximum absolute atomic E-state index is 9.06. The predicted molar refractivity (Wildman–Crippen MR) is 110 cm³/mol. The molecule has 0 aliphatic heterocycles. The molecule has 9 nitrogen and oxygen atoms in total. The monoisotopic (exact) mass is 401 g/mol. The van der Waals surface area contributed by atoms with Gasteiger partial charge < -0.3 is 14.8 Å². The molecule has 1 N–H and O–H groups in total. The Morgan fingerprint density at radius 3 is 2.90 bits per heavy atom. The molecule has 0 aliphatic carbocycles. The molecule has 0 radical (unpaired) electrons. The van der Waals surface area contributed by atoms with Crippen molar-refractivity contribution in [1.82, 2.24) is 25.0 Å². The van der Waals surface area contributed by atoms with Crippen LogP contribution in [0.1, 0.15) is 11.1 Å². The number of ether oxygens (including phenoxy) is 2. The van der Waals surface area contributed by atoms with Crippen LogP contribution >= 0.6 is 0 Å². The number of rotatable bonds is 8. The molecule has 0 atom stereocenters. The molecule has 0 saturated carbocycles. The summed E-state index contributed by atoms with van der Waals surface area (Å²) in [6, 6.07) is 17.1. The molecule has 0 unspecified atom stereocenters. The molecule has 4 aromatic rings. The van der Waals surface area contributed by atoms with Gasteiger partial charge in [-0.1, -0.05) is 23.4 Å². The van der Waals surface area contributed by atoms with Crippen molar-refractivity contribution in [3.8, 4) is 11.8 Å². The van der Waals surface area contributed by atoms with Gasteiger partial charge in [-0.15, -0.1) is 5.10 Å². The molecule has 2 aromatic carbocycles. The largest absolute Gasteiger partial charge is 0.382 e. The van der Waals surface area contributed by atoms with Crippen LogP contribution < -0.4 is 5.32 Å². The summed E-state index contributed by atoms with van der Waals surface area (Å²) in [5.74, 6) is 0.389. The third-order valence-corrected chi connectivity index (χ3v) is 4.30. The molecule has 0 saturated heterocycles. The zero-order valence-electron chi connectivity index (χ0n) is 16.3. The maximum Gasteiger partial charge on any atom is 0.229 e. The number of hydrogen-bond acceptors (Lipinski definition) is 8. The summed E-state index contributed by atoms with van der Waals surface area (Å²) in [4.78, 5) is 8.85. The van der Waals surface area contributed by atoms with Gasteiger partial charge in [-0.05, 0) is 35.9 Å². The topological polar surface area (TPSA) is 111 Å².